The van der Waals surface area contributed by atoms with Crippen LogP contribution in [0.3, 0.4) is 0 Å². The van der Waals surface area contributed by atoms with E-state index in [-0.39, 0.29) is 11.8 Å². The minimum Gasteiger partial charge on any atom is -0.341 e. The maximum Gasteiger partial charge on any atom is 0.255 e. The summed E-state index contributed by atoms with van der Waals surface area (Å²) in [5.74, 6) is 1.33. The van der Waals surface area contributed by atoms with Crippen LogP contribution in [0.4, 0.5) is 0 Å². The molecule has 1 aromatic rings. The molecule has 26 heavy (non-hydrogen) atoms. The molecule has 0 bridgehead atoms. The Morgan fingerprint density at radius 1 is 1.08 bits per heavy atom. The zero-order chi connectivity index (χ0) is 18.7. The van der Waals surface area contributed by atoms with E-state index in [2.05, 4.69) is 23.7 Å². The molecule has 0 saturated carbocycles. The number of carbonyl (C=O) groups is 2. The summed E-state index contributed by atoms with van der Waals surface area (Å²) in [4.78, 5) is 35.1. The highest BCUT2D eigenvalue weighted by molar-refractivity contribution is 6.29. The van der Waals surface area contributed by atoms with E-state index in [9.17, 15) is 9.59 Å². The molecule has 0 spiro atoms. The Bertz CT molecular complexity index is 633. The number of aromatic nitrogens is 1. The lowest BCUT2D eigenvalue weighted by Crippen LogP contribution is -2.53. The average molecular weight is 379 g/mol. The molecule has 2 atom stereocenters. The van der Waals surface area contributed by atoms with E-state index in [1.807, 2.05) is 9.80 Å². The number of hydrogen-bond acceptors (Lipinski definition) is 4. The van der Waals surface area contributed by atoms with Crippen molar-refractivity contribution in [3.8, 4) is 0 Å². The summed E-state index contributed by atoms with van der Waals surface area (Å²) in [6.45, 7) is 9.30. The van der Waals surface area contributed by atoms with Crippen LogP contribution in [0.2, 0.25) is 5.15 Å². The van der Waals surface area contributed by atoms with Gasteiger partial charge in [0, 0.05) is 45.5 Å². The van der Waals surface area contributed by atoms with Crippen molar-refractivity contribution < 1.29 is 9.59 Å². The van der Waals surface area contributed by atoms with Gasteiger partial charge in [-0.25, -0.2) is 4.98 Å². The second kappa shape index (κ2) is 8.35. The van der Waals surface area contributed by atoms with Gasteiger partial charge in [0.05, 0.1) is 12.1 Å². The average Bonchev–Trinajstić information content (AvgIpc) is 2.61. The van der Waals surface area contributed by atoms with E-state index in [0.29, 0.717) is 42.2 Å². The number of piperidine rings is 1. The monoisotopic (exact) mass is 378 g/mol. The van der Waals surface area contributed by atoms with E-state index < -0.39 is 0 Å². The number of pyridine rings is 1. The molecular weight excluding hydrogens is 352 g/mol. The number of piperazine rings is 1. The molecule has 2 saturated heterocycles. The van der Waals surface area contributed by atoms with Crippen LogP contribution in [-0.4, -0.2) is 77.3 Å². The lowest BCUT2D eigenvalue weighted by molar-refractivity contribution is -0.135. The van der Waals surface area contributed by atoms with E-state index >= 15 is 0 Å². The number of halogens is 1. The van der Waals surface area contributed by atoms with E-state index in [4.69, 9.17) is 11.6 Å². The fraction of sp³-hybridized carbons (Fsp3) is 0.632. The molecule has 142 valence electrons. The summed E-state index contributed by atoms with van der Waals surface area (Å²) < 4.78 is 0. The Labute approximate surface area is 160 Å². The number of nitrogens with zero attached hydrogens (tertiary/aromatic N) is 4. The van der Waals surface area contributed by atoms with E-state index in [1.165, 1.54) is 12.6 Å². The van der Waals surface area contributed by atoms with Gasteiger partial charge < -0.3 is 9.80 Å². The molecule has 2 aliphatic rings. The van der Waals surface area contributed by atoms with Crippen LogP contribution in [-0.2, 0) is 4.79 Å². The van der Waals surface area contributed by atoms with Gasteiger partial charge in [-0.2, -0.15) is 0 Å². The van der Waals surface area contributed by atoms with Crippen LogP contribution in [0.25, 0.3) is 0 Å². The van der Waals surface area contributed by atoms with Gasteiger partial charge in [0.15, 0.2) is 0 Å². The number of rotatable bonds is 3. The first-order valence-electron chi connectivity index (χ1n) is 9.33. The standard InChI is InChI=1S/C19H27ClN4O2/c1-14-9-15(2)12-24(11-14)18(25)13-22-5-7-23(8-6-22)19(26)16-3-4-17(20)21-10-16/h3-4,10,14-15H,5-9,11-13H2,1-2H3. The zero-order valence-electron chi connectivity index (χ0n) is 15.5. The number of amides is 2. The Morgan fingerprint density at radius 3 is 2.31 bits per heavy atom. The Hall–Kier alpha value is -1.66. The molecule has 7 heteroatoms. The maximum absolute atomic E-state index is 12.6. The summed E-state index contributed by atoms with van der Waals surface area (Å²) >= 11 is 5.77. The van der Waals surface area contributed by atoms with Crippen molar-refractivity contribution in [2.75, 3.05) is 45.8 Å². The van der Waals surface area contributed by atoms with Gasteiger partial charge in [-0.1, -0.05) is 25.4 Å². The fourth-order valence-electron chi connectivity index (χ4n) is 3.95. The number of carbonyl (C=O) groups excluding carboxylic acids is 2. The normalized spacial score (nSPS) is 24.6. The highest BCUT2D eigenvalue weighted by atomic mass is 35.5. The van der Waals surface area contributed by atoms with Crippen molar-refractivity contribution in [3.05, 3.63) is 29.0 Å². The van der Waals surface area contributed by atoms with Gasteiger partial charge in [-0.15, -0.1) is 0 Å². The summed E-state index contributed by atoms with van der Waals surface area (Å²) in [6, 6.07) is 3.33. The number of hydrogen-bond donors (Lipinski definition) is 0. The van der Waals surface area contributed by atoms with Crippen molar-refractivity contribution in [1.82, 2.24) is 19.7 Å². The maximum atomic E-state index is 12.6. The molecule has 3 heterocycles. The molecule has 6 nitrogen and oxygen atoms in total. The van der Waals surface area contributed by atoms with Gasteiger partial charge in [0.25, 0.3) is 5.91 Å². The fourth-order valence-corrected chi connectivity index (χ4v) is 4.06. The largest absolute Gasteiger partial charge is 0.341 e. The van der Waals surface area contributed by atoms with Crippen molar-refractivity contribution in [2.24, 2.45) is 11.8 Å². The SMILES string of the molecule is CC1CC(C)CN(C(=O)CN2CCN(C(=O)c3ccc(Cl)nc3)CC2)C1. The summed E-state index contributed by atoms with van der Waals surface area (Å²) in [5, 5.41) is 0.381. The van der Waals surface area contributed by atoms with Crippen LogP contribution in [0.15, 0.2) is 18.3 Å². The van der Waals surface area contributed by atoms with E-state index in [0.717, 1.165) is 26.2 Å². The molecule has 2 unspecified atom stereocenters. The molecule has 0 aliphatic carbocycles. The van der Waals surface area contributed by atoms with Crippen LogP contribution in [0, 0.1) is 11.8 Å². The molecule has 0 N–H and O–H groups in total. The zero-order valence-corrected chi connectivity index (χ0v) is 16.3. The molecule has 2 amide bonds. The van der Waals surface area contributed by atoms with Crippen LogP contribution in [0.1, 0.15) is 30.6 Å². The molecule has 1 aromatic heterocycles. The number of likely N-dealkylation sites (tertiary alicyclic amines) is 1. The quantitative estimate of drug-likeness (QED) is 0.755. The summed E-state index contributed by atoms with van der Waals surface area (Å²) in [5.41, 5.74) is 0.551. The first kappa shape index (κ1) is 19.1. The van der Waals surface area contributed by atoms with Crippen molar-refractivity contribution in [1.29, 1.82) is 0 Å². The molecular formula is C19H27ClN4O2. The Morgan fingerprint density at radius 2 is 1.73 bits per heavy atom. The third kappa shape index (κ3) is 4.74. The second-order valence-electron chi connectivity index (χ2n) is 7.68. The molecule has 0 radical (unpaired) electrons. The molecule has 0 aromatic carbocycles. The topological polar surface area (TPSA) is 56.8 Å². The lowest BCUT2D eigenvalue weighted by atomic mass is 9.92. The van der Waals surface area contributed by atoms with Crippen molar-refractivity contribution in [3.63, 3.8) is 0 Å². The predicted molar refractivity (Wildman–Crippen MR) is 101 cm³/mol. The Kier molecular flexibility index (Phi) is 6.14. The van der Waals surface area contributed by atoms with Gasteiger partial charge in [0.2, 0.25) is 5.91 Å². The van der Waals surface area contributed by atoms with Crippen LogP contribution >= 0.6 is 11.6 Å². The molecule has 3 rings (SSSR count). The predicted octanol–water partition coefficient (Wildman–Crippen LogP) is 2.00. The summed E-state index contributed by atoms with van der Waals surface area (Å²) in [7, 11) is 0. The summed E-state index contributed by atoms with van der Waals surface area (Å²) in [6.07, 6.45) is 2.71. The minimum absolute atomic E-state index is 0.0289. The lowest BCUT2D eigenvalue weighted by Gasteiger charge is -2.38. The molecule has 2 fully saturated rings. The van der Waals surface area contributed by atoms with Gasteiger partial charge in [-0.3, -0.25) is 14.5 Å². The van der Waals surface area contributed by atoms with Crippen molar-refractivity contribution in [2.45, 2.75) is 20.3 Å². The van der Waals surface area contributed by atoms with Crippen LogP contribution in [0.5, 0.6) is 0 Å². The third-order valence-corrected chi connectivity index (χ3v) is 5.44. The second-order valence-corrected chi connectivity index (χ2v) is 8.07. The molecule has 2 aliphatic heterocycles. The van der Waals surface area contributed by atoms with Gasteiger partial charge in [-0.05, 0) is 30.4 Å². The highest BCUT2D eigenvalue weighted by Crippen LogP contribution is 2.21. The van der Waals surface area contributed by atoms with Gasteiger partial charge in [0.1, 0.15) is 5.15 Å². The first-order chi connectivity index (χ1) is 12.4. The Balaban J connectivity index is 1.48. The van der Waals surface area contributed by atoms with Crippen LogP contribution < -0.4 is 0 Å². The first-order valence-corrected chi connectivity index (χ1v) is 9.71. The minimum atomic E-state index is -0.0289. The smallest absolute Gasteiger partial charge is 0.255 e. The van der Waals surface area contributed by atoms with Gasteiger partial charge >= 0.3 is 0 Å². The third-order valence-electron chi connectivity index (χ3n) is 5.21. The van der Waals surface area contributed by atoms with E-state index in [1.54, 1.807) is 12.1 Å². The highest BCUT2D eigenvalue weighted by Gasteiger charge is 2.28. The van der Waals surface area contributed by atoms with Crippen molar-refractivity contribution >= 4 is 23.4 Å².